The first-order valence-corrected chi connectivity index (χ1v) is 15.1. The van der Waals surface area contributed by atoms with Crippen molar-refractivity contribution in [2.45, 2.75) is 46.3 Å². The standard InChI is InChI=1S/C34H31ClN4O3S/c1-18-13-25-22(17-39(6)38-25)15-24(18)26-16-21(11-12-36-26)32-37-27-14-19(2)28(30(33(40)41)42-34(3,4)5)29(31(27)43-32)20-7-9-23(35)10-8-20/h7-17,30H,1-6H3,(H,40,41)/t30-/m0/s1. The number of aromatic nitrogens is 4. The van der Waals surface area contributed by atoms with E-state index in [9.17, 15) is 9.90 Å². The zero-order valence-corrected chi connectivity index (χ0v) is 26.3. The average molecular weight is 611 g/mol. The summed E-state index contributed by atoms with van der Waals surface area (Å²) in [6, 6.07) is 17.6. The molecule has 7 nitrogen and oxygen atoms in total. The molecule has 0 aliphatic heterocycles. The number of aryl methyl sites for hydroxylation is 3. The van der Waals surface area contributed by atoms with E-state index < -0.39 is 17.7 Å². The van der Waals surface area contributed by atoms with Gasteiger partial charge in [0.1, 0.15) is 5.01 Å². The molecule has 6 rings (SSSR count). The average Bonchev–Trinajstić information content (AvgIpc) is 3.52. The second kappa shape index (κ2) is 10.9. The molecule has 0 fully saturated rings. The van der Waals surface area contributed by atoms with Gasteiger partial charge in [-0.3, -0.25) is 9.67 Å². The maximum atomic E-state index is 12.6. The highest BCUT2D eigenvalue weighted by Gasteiger charge is 2.32. The van der Waals surface area contributed by atoms with Crippen LogP contribution in [0.3, 0.4) is 0 Å². The van der Waals surface area contributed by atoms with Crippen molar-refractivity contribution >= 4 is 50.0 Å². The van der Waals surface area contributed by atoms with Gasteiger partial charge in [-0.25, -0.2) is 9.78 Å². The second-order valence-electron chi connectivity index (χ2n) is 11.8. The monoisotopic (exact) mass is 610 g/mol. The van der Waals surface area contributed by atoms with Crippen LogP contribution in [0.4, 0.5) is 0 Å². The molecule has 1 N–H and O–H groups in total. The summed E-state index contributed by atoms with van der Waals surface area (Å²) in [4.78, 5) is 22.4. The maximum Gasteiger partial charge on any atom is 0.337 e. The Morgan fingerprint density at radius 3 is 2.42 bits per heavy atom. The number of carboxylic acid groups (broad SMARTS) is 1. The van der Waals surface area contributed by atoms with E-state index in [0.717, 1.165) is 65.2 Å². The number of hydrogen-bond acceptors (Lipinski definition) is 6. The molecular weight excluding hydrogens is 580 g/mol. The quantitative estimate of drug-likeness (QED) is 0.203. The normalized spacial score (nSPS) is 12.7. The molecule has 0 aliphatic carbocycles. The van der Waals surface area contributed by atoms with Crippen LogP contribution in [0.5, 0.6) is 0 Å². The first kappa shape index (κ1) is 29.0. The van der Waals surface area contributed by atoms with Gasteiger partial charge in [-0.1, -0.05) is 23.7 Å². The Morgan fingerprint density at radius 2 is 1.72 bits per heavy atom. The lowest BCUT2D eigenvalue weighted by Gasteiger charge is -2.28. The van der Waals surface area contributed by atoms with Crippen LogP contribution in [0.15, 0.2) is 67.0 Å². The predicted molar refractivity (Wildman–Crippen MR) is 174 cm³/mol. The van der Waals surface area contributed by atoms with Crippen molar-refractivity contribution in [1.82, 2.24) is 19.7 Å². The van der Waals surface area contributed by atoms with Gasteiger partial charge in [0.25, 0.3) is 0 Å². The minimum absolute atomic E-state index is 0.601. The van der Waals surface area contributed by atoms with Crippen LogP contribution < -0.4 is 0 Å². The Bertz CT molecular complexity index is 2020. The fraction of sp³-hybridized carbons (Fsp3) is 0.235. The molecular formula is C34H31ClN4O3S. The van der Waals surface area contributed by atoms with E-state index in [4.69, 9.17) is 26.3 Å². The highest BCUT2D eigenvalue weighted by Crippen LogP contribution is 2.44. The molecule has 0 amide bonds. The summed E-state index contributed by atoms with van der Waals surface area (Å²) in [6.45, 7) is 9.56. The van der Waals surface area contributed by atoms with Gasteiger partial charge in [0, 0.05) is 52.1 Å². The number of benzene rings is 3. The Hall–Kier alpha value is -4.11. The van der Waals surface area contributed by atoms with E-state index in [1.807, 2.05) is 82.0 Å². The lowest BCUT2D eigenvalue weighted by molar-refractivity contribution is -0.160. The summed E-state index contributed by atoms with van der Waals surface area (Å²) >= 11 is 7.77. The predicted octanol–water partition coefficient (Wildman–Crippen LogP) is 8.79. The number of thiazole rings is 1. The zero-order valence-electron chi connectivity index (χ0n) is 24.8. The molecule has 1 atom stereocenters. The third kappa shape index (κ3) is 5.66. The molecule has 43 heavy (non-hydrogen) atoms. The Morgan fingerprint density at radius 1 is 1.00 bits per heavy atom. The molecule has 0 spiro atoms. The number of nitrogens with zero attached hydrogens (tertiary/aromatic N) is 4. The second-order valence-corrected chi connectivity index (χ2v) is 13.2. The van der Waals surface area contributed by atoms with Crippen molar-refractivity contribution < 1.29 is 14.6 Å². The molecule has 218 valence electrons. The van der Waals surface area contributed by atoms with Crippen LogP contribution in [0, 0.1) is 13.8 Å². The molecule has 0 saturated carbocycles. The van der Waals surface area contributed by atoms with Crippen molar-refractivity contribution in [2.24, 2.45) is 7.05 Å². The number of fused-ring (bicyclic) bond motifs is 2. The Kier molecular flexibility index (Phi) is 7.32. The van der Waals surface area contributed by atoms with Gasteiger partial charge in [-0.15, -0.1) is 11.3 Å². The molecule has 0 saturated heterocycles. The van der Waals surface area contributed by atoms with Crippen molar-refractivity contribution in [3.05, 3.63) is 88.7 Å². The van der Waals surface area contributed by atoms with Crippen LogP contribution >= 0.6 is 22.9 Å². The van der Waals surface area contributed by atoms with E-state index in [2.05, 4.69) is 30.2 Å². The van der Waals surface area contributed by atoms with Gasteiger partial charge >= 0.3 is 5.97 Å². The van der Waals surface area contributed by atoms with Crippen molar-refractivity contribution in [3.8, 4) is 33.0 Å². The smallest absolute Gasteiger partial charge is 0.337 e. The topological polar surface area (TPSA) is 90.1 Å². The van der Waals surface area contributed by atoms with E-state index in [1.165, 1.54) is 11.3 Å². The number of rotatable bonds is 6. The number of pyridine rings is 1. The summed E-state index contributed by atoms with van der Waals surface area (Å²) in [6.07, 6.45) is 2.64. The molecule has 3 aromatic carbocycles. The molecule has 0 unspecified atom stereocenters. The van der Waals surface area contributed by atoms with Gasteiger partial charge in [-0.2, -0.15) is 5.10 Å². The molecule has 3 heterocycles. The molecule has 9 heteroatoms. The van der Waals surface area contributed by atoms with Gasteiger partial charge in [0.15, 0.2) is 6.10 Å². The summed E-state index contributed by atoms with van der Waals surface area (Å²) in [7, 11) is 1.92. The van der Waals surface area contributed by atoms with Gasteiger partial charge in [-0.05, 0) is 93.8 Å². The van der Waals surface area contributed by atoms with E-state index in [-0.39, 0.29) is 0 Å². The molecule has 0 radical (unpaired) electrons. The number of hydrogen-bond donors (Lipinski definition) is 1. The molecule has 0 aliphatic rings. The maximum absolute atomic E-state index is 12.6. The van der Waals surface area contributed by atoms with Gasteiger partial charge in [0.2, 0.25) is 0 Å². The lowest BCUT2D eigenvalue weighted by Crippen LogP contribution is -2.28. The number of halogens is 1. The SMILES string of the molecule is Cc1cc2nn(C)cc2cc1-c1cc(-c2nc3cc(C)c([C@H](OC(C)(C)C)C(=O)O)c(-c4ccc(Cl)cc4)c3s2)ccn1. The highest BCUT2D eigenvalue weighted by molar-refractivity contribution is 7.22. The van der Waals surface area contributed by atoms with Gasteiger partial charge in [0.05, 0.1) is 27.0 Å². The van der Waals surface area contributed by atoms with Crippen LogP contribution in [0.25, 0.3) is 54.1 Å². The highest BCUT2D eigenvalue weighted by atomic mass is 35.5. The Balaban J connectivity index is 1.54. The summed E-state index contributed by atoms with van der Waals surface area (Å²) in [5.74, 6) is -1.04. The minimum Gasteiger partial charge on any atom is -0.479 e. The van der Waals surface area contributed by atoms with Crippen molar-refractivity contribution in [2.75, 3.05) is 0 Å². The van der Waals surface area contributed by atoms with Crippen LogP contribution in [-0.4, -0.2) is 36.4 Å². The first-order chi connectivity index (χ1) is 20.4. The number of aliphatic carboxylic acids is 1. The van der Waals surface area contributed by atoms with Crippen molar-refractivity contribution in [1.29, 1.82) is 0 Å². The van der Waals surface area contributed by atoms with E-state index in [0.29, 0.717) is 10.6 Å². The zero-order chi connectivity index (χ0) is 30.6. The molecule has 6 aromatic rings. The minimum atomic E-state index is -1.17. The first-order valence-electron chi connectivity index (χ1n) is 13.9. The fourth-order valence-electron chi connectivity index (χ4n) is 5.45. The van der Waals surface area contributed by atoms with Crippen LogP contribution in [0.2, 0.25) is 5.02 Å². The third-order valence-corrected chi connectivity index (χ3v) is 8.66. The largest absolute Gasteiger partial charge is 0.479 e. The summed E-state index contributed by atoms with van der Waals surface area (Å²) < 4.78 is 8.84. The van der Waals surface area contributed by atoms with Crippen LogP contribution in [-0.2, 0) is 16.6 Å². The van der Waals surface area contributed by atoms with E-state index >= 15 is 0 Å². The summed E-state index contributed by atoms with van der Waals surface area (Å²) in [5, 5.41) is 17.3. The third-order valence-electron chi connectivity index (χ3n) is 7.27. The van der Waals surface area contributed by atoms with Crippen molar-refractivity contribution in [3.63, 3.8) is 0 Å². The van der Waals surface area contributed by atoms with Crippen LogP contribution in [0.1, 0.15) is 43.6 Å². The van der Waals surface area contributed by atoms with E-state index in [1.54, 1.807) is 6.20 Å². The van der Waals surface area contributed by atoms with Gasteiger partial charge < -0.3 is 9.84 Å². The Labute approximate surface area is 258 Å². The molecule has 3 aromatic heterocycles. The lowest BCUT2D eigenvalue weighted by atomic mass is 9.91. The summed E-state index contributed by atoms with van der Waals surface area (Å²) in [5.41, 5.74) is 8.01. The molecule has 0 bridgehead atoms. The fourth-order valence-corrected chi connectivity index (χ4v) is 6.70. The number of carboxylic acids is 1. The number of carbonyl (C=O) groups is 1. The number of ether oxygens (including phenoxy) is 1.